The molecule has 3 rings (SSSR count). The van der Waals surface area contributed by atoms with E-state index >= 15 is 0 Å². The van der Waals surface area contributed by atoms with E-state index in [4.69, 9.17) is 4.74 Å². The van der Waals surface area contributed by atoms with Gasteiger partial charge in [0.1, 0.15) is 5.75 Å². The van der Waals surface area contributed by atoms with E-state index in [0.29, 0.717) is 27.6 Å². The van der Waals surface area contributed by atoms with E-state index in [1.54, 1.807) is 36.4 Å². The summed E-state index contributed by atoms with van der Waals surface area (Å²) >= 11 is 1.37. The quantitative estimate of drug-likeness (QED) is 0.644. The van der Waals surface area contributed by atoms with Gasteiger partial charge in [-0.05, 0) is 47.7 Å². The Balaban J connectivity index is 1.73. The zero-order chi connectivity index (χ0) is 19.2. The minimum atomic E-state index is -0.199. The summed E-state index contributed by atoms with van der Waals surface area (Å²) in [4.78, 5) is 25.2. The highest BCUT2D eigenvalue weighted by molar-refractivity contribution is 7.12. The highest BCUT2D eigenvalue weighted by Gasteiger charge is 2.12. The zero-order valence-corrected chi connectivity index (χ0v) is 15.9. The van der Waals surface area contributed by atoms with Gasteiger partial charge in [0.25, 0.3) is 11.8 Å². The maximum absolute atomic E-state index is 12.4. The summed E-state index contributed by atoms with van der Waals surface area (Å²) in [6, 6.07) is 16.2. The summed E-state index contributed by atoms with van der Waals surface area (Å²) in [6.45, 7) is 2.07. The van der Waals surface area contributed by atoms with E-state index in [-0.39, 0.29) is 11.8 Å². The molecule has 1 heterocycles. The van der Waals surface area contributed by atoms with Crippen LogP contribution in [0.5, 0.6) is 5.75 Å². The van der Waals surface area contributed by atoms with Crippen LogP contribution >= 0.6 is 11.3 Å². The number of carbonyl (C=O) groups is 2. The Kier molecular flexibility index (Phi) is 5.88. The van der Waals surface area contributed by atoms with E-state index in [1.165, 1.54) is 24.0 Å². The van der Waals surface area contributed by atoms with E-state index in [2.05, 4.69) is 17.6 Å². The Labute approximate surface area is 162 Å². The smallest absolute Gasteiger partial charge is 0.265 e. The van der Waals surface area contributed by atoms with Crippen molar-refractivity contribution in [2.45, 2.75) is 13.3 Å². The van der Waals surface area contributed by atoms with Crippen LogP contribution in [0.1, 0.15) is 32.5 Å². The van der Waals surface area contributed by atoms with Crippen LogP contribution in [0.25, 0.3) is 0 Å². The van der Waals surface area contributed by atoms with Crippen molar-refractivity contribution in [2.75, 3.05) is 17.7 Å². The third-order valence-corrected chi connectivity index (χ3v) is 4.95. The van der Waals surface area contributed by atoms with Crippen molar-refractivity contribution in [3.8, 4) is 5.75 Å². The lowest BCUT2D eigenvalue weighted by Crippen LogP contribution is -2.13. The van der Waals surface area contributed by atoms with Crippen LogP contribution in [0, 0.1) is 0 Å². The normalized spacial score (nSPS) is 10.3. The topological polar surface area (TPSA) is 67.4 Å². The monoisotopic (exact) mass is 380 g/mol. The molecule has 2 N–H and O–H groups in total. The van der Waals surface area contributed by atoms with Crippen molar-refractivity contribution >= 4 is 34.5 Å². The molecule has 0 radical (unpaired) electrons. The lowest BCUT2D eigenvalue weighted by atomic mass is 10.1. The maximum atomic E-state index is 12.4. The van der Waals surface area contributed by atoms with E-state index in [0.717, 1.165) is 6.42 Å². The standard InChI is InChI=1S/C21H20N2O3S/c1-3-14-6-8-15(9-7-14)20(24)22-16-10-11-17(18(13-16)26-2)23-21(25)19-5-4-12-27-19/h4-13H,3H2,1-2H3,(H,22,24)(H,23,25). The Hall–Kier alpha value is -3.12. The number of amides is 2. The minimum absolute atomic E-state index is 0.198. The van der Waals surface area contributed by atoms with Gasteiger partial charge in [0, 0.05) is 17.3 Å². The van der Waals surface area contributed by atoms with Crippen LogP contribution in [-0.4, -0.2) is 18.9 Å². The summed E-state index contributed by atoms with van der Waals surface area (Å²) in [5.74, 6) is 0.0743. The minimum Gasteiger partial charge on any atom is -0.494 e. The van der Waals surface area contributed by atoms with Gasteiger partial charge in [-0.1, -0.05) is 25.1 Å². The van der Waals surface area contributed by atoms with Crippen LogP contribution in [0.4, 0.5) is 11.4 Å². The number of nitrogens with one attached hydrogen (secondary N) is 2. The number of benzene rings is 2. The number of thiophene rings is 1. The van der Waals surface area contributed by atoms with Crippen LogP contribution in [0.3, 0.4) is 0 Å². The van der Waals surface area contributed by atoms with Gasteiger partial charge in [0.15, 0.2) is 0 Å². The van der Waals surface area contributed by atoms with Crippen LogP contribution in [0.2, 0.25) is 0 Å². The number of hydrogen-bond donors (Lipinski definition) is 2. The van der Waals surface area contributed by atoms with Gasteiger partial charge in [-0.25, -0.2) is 0 Å². The zero-order valence-electron chi connectivity index (χ0n) is 15.1. The molecular formula is C21H20N2O3S. The molecule has 0 fully saturated rings. The molecule has 2 amide bonds. The summed E-state index contributed by atoms with van der Waals surface area (Å²) < 4.78 is 5.36. The molecule has 5 nitrogen and oxygen atoms in total. The fourth-order valence-electron chi connectivity index (χ4n) is 2.56. The molecular weight excluding hydrogens is 360 g/mol. The van der Waals surface area contributed by atoms with Crippen molar-refractivity contribution in [1.29, 1.82) is 0 Å². The van der Waals surface area contributed by atoms with Crippen molar-refractivity contribution in [3.63, 3.8) is 0 Å². The van der Waals surface area contributed by atoms with Gasteiger partial charge in [0.05, 0.1) is 17.7 Å². The average Bonchev–Trinajstić information content (AvgIpc) is 3.24. The number of rotatable bonds is 6. The number of anilines is 2. The van der Waals surface area contributed by atoms with Gasteiger partial charge in [-0.2, -0.15) is 0 Å². The van der Waals surface area contributed by atoms with Crippen molar-refractivity contribution < 1.29 is 14.3 Å². The second-order valence-corrected chi connectivity index (χ2v) is 6.80. The molecule has 0 spiro atoms. The second kappa shape index (κ2) is 8.51. The van der Waals surface area contributed by atoms with Crippen LogP contribution in [0.15, 0.2) is 60.0 Å². The first-order chi connectivity index (χ1) is 13.1. The van der Waals surface area contributed by atoms with Gasteiger partial charge < -0.3 is 15.4 Å². The number of ether oxygens (including phenoxy) is 1. The van der Waals surface area contributed by atoms with Gasteiger partial charge >= 0.3 is 0 Å². The first-order valence-corrected chi connectivity index (χ1v) is 9.42. The third kappa shape index (κ3) is 4.54. The van der Waals surface area contributed by atoms with Gasteiger partial charge in [-0.15, -0.1) is 11.3 Å². The Morgan fingerprint density at radius 3 is 2.41 bits per heavy atom. The Bertz CT molecular complexity index is 935. The SMILES string of the molecule is CCc1ccc(C(=O)Nc2ccc(NC(=O)c3cccs3)c(OC)c2)cc1. The molecule has 138 valence electrons. The van der Waals surface area contributed by atoms with E-state index in [9.17, 15) is 9.59 Å². The van der Waals surface area contributed by atoms with E-state index < -0.39 is 0 Å². The largest absolute Gasteiger partial charge is 0.494 e. The first kappa shape index (κ1) is 18.7. The third-order valence-electron chi connectivity index (χ3n) is 4.08. The van der Waals surface area contributed by atoms with Crippen LogP contribution in [-0.2, 0) is 6.42 Å². The summed E-state index contributed by atoms with van der Waals surface area (Å²) in [6.07, 6.45) is 0.928. The highest BCUT2D eigenvalue weighted by Crippen LogP contribution is 2.29. The molecule has 0 unspecified atom stereocenters. The van der Waals surface area contributed by atoms with Gasteiger partial charge in [0.2, 0.25) is 0 Å². The molecule has 6 heteroatoms. The Morgan fingerprint density at radius 2 is 1.78 bits per heavy atom. The lowest BCUT2D eigenvalue weighted by molar-refractivity contribution is 0.102. The van der Waals surface area contributed by atoms with Crippen molar-refractivity contribution in [3.05, 3.63) is 76.0 Å². The fraction of sp³-hybridized carbons (Fsp3) is 0.143. The number of aryl methyl sites for hydroxylation is 1. The summed E-state index contributed by atoms with van der Waals surface area (Å²) in [5, 5.41) is 7.52. The predicted molar refractivity (Wildman–Crippen MR) is 109 cm³/mol. The molecule has 0 aliphatic carbocycles. The molecule has 0 bridgehead atoms. The van der Waals surface area contributed by atoms with Crippen LogP contribution < -0.4 is 15.4 Å². The molecule has 0 atom stereocenters. The lowest BCUT2D eigenvalue weighted by Gasteiger charge is -2.12. The summed E-state index contributed by atoms with van der Waals surface area (Å²) in [5.41, 5.74) is 2.90. The Morgan fingerprint density at radius 1 is 1.00 bits per heavy atom. The number of methoxy groups -OCH3 is 1. The number of carbonyl (C=O) groups excluding carboxylic acids is 2. The highest BCUT2D eigenvalue weighted by atomic mass is 32.1. The first-order valence-electron chi connectivity index (χ1n) is 8.54. The van der Waals surface area contributed by atoms with E-state index in [1.807, 2.05) is 23.6 Å². The molecule has 1 aromatic heterocycles. The predicted octanol–water partition coefficient (Wildman–Crippen LogP) is 4.82. The molecule has 0 saturated carbocycles. The molecule has 3 aromatic rings. The van der Waals surface area contributed by atoms with Gasteiger partial charge in [-0.3, -0.25) is 9.59 Å². The molecule has 0 saturated heterocycles. The maximum Gasteiger partial charge on any atom is 0.265 e. The summed E-state index contributed by atoms with van der Waals surface area (Å²) in [7, 11) is 1.52. The molecule has 2 aromatic carbocycles. The molecule has 0 aliphatic heterocycles. The fourth-order valence-corrected chi connectivity index (χ4v) is 3.18. The van der Waals surface area contributed by atoms with Crippen molar-refractivity contribution in [1.82, 2.24) is 0 Å². The second-order valence-electron chi connectivity index (χ2n) is 5.85. The molecule has 0 aliphatic rings. The molecule has 27 heavy (non-hydrogen) atoms. The average molecular weight is 380 g/mol. The number of hydrogen-bond acceptors (Lipinski definition) is 4. The van der Waals surface area contributed by atoms with Crippen molar-refractivity contribution in [2.24, 2.45) is 0 Å².